The number of benzene rings is 1. The van der Waals surface area contributed by atoms with Crippen LogP contribution in [0.15, 0.2) is 73.4 Å². The quantitative estimate of drug-likeness (QED) is 0.654. The fraction of sp³-hybridized carbons (Fsp3) is 0.0588. The summed E-state index contributed by atoms with van der Waals surface area (Å²) in [5.41, 5.74) is 4.01. The molecule has 0 amide bonds. The molecule has 0 saturated heterocycles. The van der Waals surface area contributed by atoms with E-state index in [2.05, 4.69) is 13.2 Å². The van der Waals surface area contributed by atoms with Gasteiger partial charge in [-0.25, -0.2) is 0 Å². The van der Waals surface area contributed by atoms with E-state index < -0.39 is 7.12 Å². The normalized spacial score (nSPS) is 15.1. The highest BCUT2D eigenvalue weighted by Gasteiger charge is 2.26. The number of rotatable bonds is 5. The molecule has 0 atom stereocenters. The van der Waals surface area contributed by atoms with Gasteiger partial charge in [-0.1, -0.05) is 67.8 Å². The molecule has 0 radical (unpaired) electrons. The summed E-state index contributed by atoms with van der Waals surface area (Å²) in [5, 5.41) is 9.58. The van der Waals surface area contributed by atoms with Crippen molar-refractivity contribution < 1.29 is 9.68 Å². The van der Waals surface area contributed by atoms with Gasteiger partial charge in [0.25, 0.3) is 0 Å². The zero-order valence-electron chi connectivity index (χ0n) is 11.3. The van der Waals surface area contributed by atoms with Crippen LogP contribution in [0.4, 0.5) is 0 Å². The van der Waals surface area contributed by atoms with E-state index in [1.54, 1.807) is 12.2 Å². The third-order valence-electron chi connectivity index (χ3n) is 3.03. The third kappa shape index (κ3) is 3.47. The first kappa shape index (κ1) is 14.3. The standard InChI is InChI=1S/C17H17BO2/c1-3-5-7-14(6-4-2)8-9-15-10-11-17-16(12-15)13-20-18(17)19/h3-12,19H,1-2,13H2/b7-5-,9-8+,14-6+. The highest BCUT2D eigenvalue weighted by atomic mass is 16.5. The lowest BCUT2D eigenvalue weighted by molar-refractivity contribution is 0.275. The lowest BCUT2D eigenvalue weighted by Gasteiger charge is -2.00. The Morgan fingerprint density at radius 2 is 2.10 bits per heavy atom. The number of hydrogen-bond acceptors (Lipinski definition) is 2. The molecule has 0 aromatic heterocycles. The van der Waals surface area contributed by atoms with Gasteiger partial charge in [0.05, 0.1) is 6.61 Å². The summed E-state index contributed by atoms with van der Waals surface area (Å²) in [6.07, 6.45) is 13.3. The second-order valence-corrected chi connectivity index (χ2v) is 4.45. The van der Waals surface area contributed by atoms with Crippen LogP contribution >= 0.6 is 0 Å². The first-order chi connectivity index (χ1) is 9.74. The van der Waals surface area contributed by atoms with Crippen molar-refractivity contribution in [1.82, 2.24) is 0 Å². The van der Waals surface area contributed by atoms with Crippen LogP contribution in [0, 0.1) is 0 Å². The summed E-state index contributed by atoms with van der Waals surface area (Å²) in [6.45, 7) is 7.82. The minimum Gasteiger partial charge on any atom is -0.423 e. The molecule has 1 aromatic carbocycles. The Balaban J connectivity index is 2.18. The van der Waals surface area contributed by atoms with Gasteiger partial charge in [-0.3, -0.25) is 0 Å². The fourth-order valence-electron chi connectivity index (χ4n) is 2.03. The second kappa shape index (κ2) is 6.89. The van der Waals surface area contributed by atoms with Crippen LogP contribution in [-0.4, -0.2) is 12.1 Å². The molecule has 100 valence electrons. The van der Waals surface area contributed by atoms with E-state index in [1.165, 1.54) is 0 Å². The van der Waals surface area contributed by atoms with Crippen molar-refractivity contribution in [2.24, 2.45) is 0 Å². The van der Waals surface area contributed by atoms with Crippen molar-refractivity contribution >= 4 is 18.7 Å². The minimum atomic E-state index is -0.783. The molecule has 20 heavy (non-hydrogen) atoms. The zero-order chi connectivity index (χ0) is 14.4. The van der Waals surface area contributed by atoms with Crippen molar-refractivity contribution in [2.45, 2.75) is 6.61 Å². The summed E-state index contributed by atoms with van der Waals surface area (Å²) in [6, 6.07) is 5.91. The summed E-state index contributed by atoms with van der Waals surface area (Å²) in [7, 11) is -0.783. The van der Waals surface area contributed by atoms with Crippen LogP contribution in [0.1, 0.15) is 11.1 Å². The average Bonchev–Trinajstić information content (AvgIpc) is 2.83. The molecule has 2 rings (SSSR count). The van der Waals surface area contributed by atoms with Crippen LogP contribution in [0.25, 0.3) is 6.08 Å². The molecular formula is C17H17BO2. The maximum atomic E-state index is 9.58. The molecule has 1 N–H and O–H groups in total. The Kier molecular flexibility index (Phi) is 4.94. The maximum Gasteiger partial charge on any atom is 0.491 e. The van der Waals surface area contributed by atoms with Crippen molar-refractivity contribution in [3.8, 4) is 0 Å². The molecule has 3 heteroatoms. The molecule has 0 bridgehead atoms. The van der Waals surface area contributed by atoms with E-state index in [1.807, 2.05) is 48.6 Å². The Hall–Kier alpha value is -2.10. The molecule has 1 aromatic rings. The van der Waals surface area contributed by atoms with Gasteiger partial charge < -0.3 is 9.68 Å². The first-order valence-electron chi connectivity index (χ1n) is 6.47. The Labute approximate surface area is 120 Å². The SMILES string of the molecule is C=C\C=C/C(/C=C/c1ccc2c(c1)COB2O)=C\C=C. The van der Waals surface area contributed by atoms with E-state index in [-0.39, 0.29) is 0 Å². The summed E-state index contributed by atoms with van der Waals surface area (Å²) in [4.78, 5) is 0. The monoisotopic (exact) mass is 264 g/mol. The van der Waals surface area contributed by atoms with Gasteiger partial charge in [-0.05, 0) is 28.2 Å². The van der Waals surface area contributed by atoms with Crippen LogP contribution in [-0.2, 0) is 11.3 Å². The zero-order valence-corrected chi connectivity index (χ0v) is 11.3. The molecule has 0 aliphatic carbocycles. The number of allylic oxidation sites excluding steroid dienone is 7. The van der Waals surface area contributed by atoms with Crippen molar-refractivity contribution in [1.29, 1.82) is 0 Å². The van der Waals surface area contributed by atoms with Gasteiger partial charge >= 0.3 is 7.12 Å². The number of fused-ring (bicyclic) bond motifs is 1. The number of hydrogen-bond donors (Lipinski definition) is 1. The lowest BCUT2D eigenvalue weighted by atomic mass is 9.79. The minimum absolute atomic E-state index is 0.462. The molecular weight excluding hydrogens is 247 g/mol. The maximum absolute atomic E-state index is 9.58. The Morgan fingerprint density at radius 3 is 2.85 bits per heavy atom. The highest BCUT2D eigenvalue weighted by Crippen LogP contribution is 2.14. The largest absolute Gasteiger partial charge is 0.491 e. The van der Waals surface area contributed by atoms with Crippen molar-refractivity contribution in [2.75, 3.05) is 0 Å². The molecule has 0 unspecified atom stereocenters. The molecule has 1 aliphatic heterocycles. The topological polar surface area (TPSA) is 29.5 Å². The van der Waals surface area contributed by atoms with E-state index >= 15 is 0 Å². The average molecular weight is 264 g/mol. The van der Waals surface area contributed by atoms with Crippen LogP contribution in [0.5, 0.6) is 0 Å². The first-order valence-corrected chi connectivity index (χ1v) is 6.47. The van der Waals surface area contributed by atoms with Gasteiger partial charge in [0.2, 0.25) is 0 Å². The third-order valence-corrected chi connectivity index (χ3v) is 3.03. The lowest BCUT2D eigenvalue weighted by Crippen LogP contribution is -2.27. The summed E-state index contributed by atoms with van der Waals surface area (Å²) < 4.78 is 5.18. The van der Waals surface area contributed by atoms with Gasteiger partial charge in [-0.15, -0.1) is 0 Å². The van der Waals surface area contributed by atoms with Crippen LogP contribution < -0.4 is 5.46 Å². The Morgan fingerprint density at radius 1 is 1.25 bits per heavy atom. The van der Waals surface area contributed by atoms with Crippen molar-refractivity contribution in [3.05, 3.63) is 84.5 Å². The van der Waals surface area contributed by atoms with Gasteiger partial charge in [0.15, 0.2) is 0 Å². The highest BCUT2D eigenvalue weighted by molar-refractivity contribution is 6.61. The van der Waals surface area contributed by atoms with E-state index in [4.69, 9.17) is 4.65 Å². The predicted octanol–water partition coefficient (Wildman–Crippen LogP) is 2.77. The van der Waals surface area contributed by atoms with Gasteiger partial charge in [-0.2, -0.15) is 0 Å². The van der Waals surface area contributed by atoms with Crippen molar-refractivity contribution in [3.63, 3.8) is 0 Å². The van der Waals surface area contributed by atoms with Gasteiger partial charge in [0.1, 0.15) is 0 Å². The van der Waals surface area contributed by atoms with Crippen LogP contribution in [0.2, 0.25) is 0 Å². The van der Waals surface area contributed by atoms with E-state index in [0.29, 0.717) is 6.61 Å². The smallest absolute Gasteiger partial charge is 0.423 e. The molecule has 2 nitrogen and oxygen atoms in total. The predicted molar refractivity (Wildman–Crippen MR) is 85.5 cm³/mol. The molecule has 0 saturated carbocycles. The van der Waals surface area contributed by atoms with Gasteiger partial charge in [0, 0.05) is 0 Å². The second-order valence-electron chi connectivity index (χ2n) is 4.45. The molecule has 1 heterocycles. The van der Waals surface area contributed by atoms with E-state index in [0.717, 1.165) is 22.2 Å². The fourth-order valence-corrected chi connectivity index (χ4v) is 2.03. The Bertz CT molecular complexity index is 597. The summed E-state index contributed by atoms with van der Waals surface area (Å²) in [5.74, 6) is 0. The molecule has 0 fully saturated rings. The summed E-state index contributed by atoms with van der Waals surface area (Å²) >= 11 is 0. The van der Waals surface area contributed by atoms with Crippen LogP contribution in [0.3, 0.4) is 0 Å². The van der Waals surface area contributed by atoms with E-state index in [9.17, 15) is 5.02 Å². The molecule has 0 spiro atoms. The molecule has 1 aliphatic rings.